The fourth-order valence-electron chi connectivity index (χ4n) is 1.81. The molecule has 0 N–H and O–H groups in total. The molecule has 74 valence electrons. The van der Waals surface area contributed by atoms with Gasteiger partial charge in [0.15, 0.2) is 0 Å². The number of likely N-dealkylation sites (tertiary alicyclic amines) is 1. The van der Waals surface area contributed by atoms with Gasteiger partial charge in [0.2, 0.25) is 5.91 Å². The average Bonchev–Trinajstić information content (AvgIpc) is 2.59. The number of nitrogens with zero attached hydrogens (tertiary/aromatic N) is 1. The number of hydrogen-bond donors (Lipinski definition) is 0. The summed E-state index contributed by atoms with van der Waals surface area (Å²) in [5.74, 6) is 0.493. The van der Waals surface area contributed by atoms with Gasteiger partial charge >= 0.3 is 0 Å². The molecular weight excluding hydrogens is 166 g/mol. The van der Waals surface area contributed by atoms with Crippen molar-refractivity contribution in [1.29, 1.82) is 0 Å². The summed E-state index contributed by atoms with van der Waals surface area (Å²) >= 11 is 0. The Morgan fingerprint density at radius 3 is 2.77 bits per heavy atom. The highest BCUT2D eigenvalue weighted by Crippen LogP contribution is 2.22. The summed E-state index contributed by atoms with van der Waals surface area (Å²) in [6.07, 6.45) is 2.62. The molecule has 0 bridgehead atoms. The molecule has 0 spiro atoms. The monoisotopic (exact) mass is 183 g/mol. The lowest BCUT2D eigenvalue weighted by molar-refractivity contribution is -0.125. The van der Waals surface area contributed by atoms with Gasteiger partial charge in [-0.2, -0.15) is 0 Å². The van der Waals surface area contributed by atoms with Crippen LogP contribution in [0.15, 0.2) is 12.7 Å². The van der Waals surface area contributed by atoms with Crippen LogP contribution in [0.4, 0.5) is 0 Å². The summed E-state index contributed by atoms with van der Waals surface area (Å²) in [6.45, 7) is 7.11. The van der Waals surface area contributed by atoms with Gasteiger partial charge in [-0.05, 0) is 12.5 Å². The highest BCUT2D eigenvalue weighted by atomic mass is 16.5. The van der Waals surface area contributed by atoms with Crippen molar-refractivity contribution < 1.29 is 9.53 Å². The third-order valence-corrected chi connectivity index (χ3v) is 2.69. The molecular formula is C10H17NO2. The molecule has 1 aliphatic rings. The molecule has 1 rings (SSSR count). The lowest BCUT2D eigenvalue weighted by Crippen LogP contribution is -2.28. The van der Waals surface area contributed by atoms with Gasteiger partial charge in [0.25, 0.3) is 0 Å². The second kappa shape index (κ2) is 4.42. The Labute approximate surface area is 79.4 Å². The third kappa shape index (κ3) is 2.10. The van der Waals surface area contributed by atoms with Gasteiger partial charge in [-0.25, -0.2) is 0 Å². The van der Waals surface area contributed by atoms with Crippen LogP contribution in [0.25, 0.3) is 0 Å². The first-order valence-corrected chi connectivity index (χ1v) is 4.67. The maximum absolute atomic E-state index is 11.3. The minimum absolute atomic E-state index is 0.0120. The first-order valence-electron chi connectivity index (χ1n) is 4.67. The number of amides is 1. The molecule has 1 heterocycles. The second-order valence-corrected chi connectivity index (χ2v) is 3.39. The lowest BCUT2D eigenvalue weighted by Gasteiger charge is -2.13. The minimum Gasteiger partial charge on any atom is -0.379 e. The van der Waals surface area contributed by atoms with Gasteiger partial charge in [-0.1, -0.05) is 13.5 Å². The van der Waals surface area contributed by atoms with E-state index in [4.69, 9.17) is 4.74 Å². The summed E-state index contributed by atoms with van der Waals surface area (Å²) in [6, 6.07) is 0. The number of carbonyl (C=O) groups is 1. The highest BCUT2D eigenvalue weighted by Gasteiger charge is 2.32. The van der Waals surface area contributed by atoms with Gasteiger partial charge in [0, 0.05) is 26.1 Å². The maximum Gasteiger partial charge on any atom is 0.246 e. The standard InChI is InChI=1S/C10H17NO2/c1-4-8-6-11(10(12)5-2)7-9(8)13-3/h5,8-9H,2,4,6-7H2,1,3H3/t8-,9-/m0/s1. The molecule has 1 fully saturated rings. The number of methoxy groups -OCH3 is 1. The van der Waals surface area contributed by atoms with E-state index in [0.717, 1.165) is 13.0 Å². The average molecular weight is 183 g/mol. The van der Waals surface area contributed by atoms with Crippen LogP contribution >= 0.6 is 0 Å². The lowest BCUT2D eigenvalue weighted by atomic mass is 10.0. The molecule has 0 aromatic carbocycles. The molecule has 0 saturated carbocycles. The molecule has 1 amide bonds. The highest BCUT2D eigenvalue weighted by molar-refractivity contribution is 5.87. The van der Waals surface area contributed by atoms with Crippen molar-refractivity contribution in [1.82, 2.24) is 4.90 Å². The Balaban J connectivity index is 2.57. The fraction of sp³-hybridized carbons (Fsp3) is 0.700. The van der Waals surface area contributed by atoms with Crippen LogP contribution in [-0.4, -0.2) is 37.1 Å². The van der Waals surface area contributed by atoms with Crippen LogP contribution < -0.4 is 0 Å². The molecule has 0 unspecified atom stereocenters. The zero-order valence-electron chi connectivity index (χ0n) is 8.32. The van der Waals surface area contributed by atoms with Crippen LogP contribution in [0.2, 0.25) is 0 Å². The molecule has 3 heteroatoms. The van der Waals surface area contributed by atoms with E-state index >= 15 is 0 Å². The van der Waals surface area contributed by atoms with Crippen molar-refractivity contribution in [3.8, 4) is 0 Å². The summed E-state index contributed by atoms with van der Waals surface area (Å²) in [5, 5.41) is 0. The number of carbonyl (C=O) groups excluding carboxylic acids is 1. The van der Waals surface area contributed by atoms with E-state index in [-0.39, 0.29) is 12.0 Å². The topological polar surface area (TPSA) is 29.5 Å². The third-order valence-electron chi connectivity index (χ3n) is 2.69. The van der Waals surface area contributed by atoms with Crippen molar-refractivity contribution in [3.63, 3.8) is 0 Å². The van der Waals surface area contributed by atoms with E-state index in [1.54, 1.807) is 12.0 Å². The molecule has 0 aliphatic carbocycles. The normalized spacial score (nSPS) is 27.7. The van der Waals surface area contributed by atoms with Crippen LogP contribution in [0.5, 0.6) is 0 Å². The minimum atomic E-state index is 0.0120. The molecule has 0 radical (unpaired) electrons. The zero-order chi connectivity index (χ0) is 9.84. The summed E-state index contributed by atoms with van der Waals surface area (Å²) in [4.78, 5) is 13.1. The molecule has 2 atom stereocenters. The van der Waals surface area contributed by atoms with E-state index in [2.05, 4.69) is 13.5 Å². The molecule has 13 heavy (non-hydrogen) atoms. The fourth-order valence-corrected chi connectivity index (χ4v) is 1.81. The van der Waals surface area contributed by atoms with Gasteiger partial charge in [0.05, 0.1) is 6.10 Å². The Morgan fingerprint density at radius 2 is 2.38 bits per heavy atom. The quantitative estimate of drug-likeness (QED) is 0.612. The Bertz CT molecular complexity index is 191. The number of hydrogen-bond acceptors (Lipinski definition) is 2. The van der Waals surface area contributed by atoms with Gasteiger partial charge in [-0.15, -0.1) is 0 Å². The predicted molar refractivity (Wildman–Crippen MR) is 51.4 cm³/mol. The van der Waals surface area contributed by atoms with E-state index in [1.807, 2.05) is 0 Å². The van der Waals surface area contributed by atoms with Gasteiger partial charge in [-0.3, -0.25) is 4.79 Å². The summed E-state index contributed by atoms with van der Waals surface area (Å²) in [7, 11) is 1.70. The molecule has 3 nitrogen and oxygen atoms in total. The molecule has 1 saturated heterocycles. The largest absolute Gasteiger partial charge is 0.379 e. The van der Waals surface area contributed by atoms with E-state index in [1.165, 1.54) is 6.08 Å². The Morgan fingerprint density at radius 1 is 1.69 bits per heavy atom. The summed E-state index contributed by atoms with van der Waals surface area (Å²) in [5.41, 5.74) is 0. The van der Waals surface area contributed by atoms with Crippen molar-refractivity contribution in [3.05, 3.63) is 12.7 Å². The maximum atomic E-state index is 11.3. The summed E-state index contributed by atoms with van der Waals surface area (Å²) < 4.78 is 5.31. The Kier molecular flexibility index (Phi) is 3.48. The molecule has 0 aromatic heterocycles. The van der Waals surface area contributed by atoms with E-state index in [0.29, 0.717) is 12.5 Å². The first kappa shape index (κ1) is 10.3. The zero-order valence-corrected chi connectivity index (χ0v) is 8.32. The second-order valence-electron chi connectivity index (χ2n) is 3.39. The van der Waals surface area contributed by atoms with Crippen LogP contribution in [0.1, 0.15) is 13.3 Å². The SMILES string of the molecule is C=CC(=O)N1C[C@H](CC)[C@@H](OC)C1. The van der Waals surface area contributed by atoms with Crippen LogP contribution in [0, 0.1) is 5.92 Å². The molecule has 0 aromatic rings. The van der Waals surface area contributed by atoms with Crippen molar-refractivity contribution in [2.24, 2.45) is 5.92 Å². The van der Waals surface area contributed by atoms with Gasteiger partial charge in [0.1, 0.15) is 0 Å². The molecule has 1 aliphatic heterocycles. The smallest absolute Gasteiger partial charge is 0.246 e. The van der Waals surface area contributed by atoms with Crippen molar-refractivity contribution in [2.75, 3.05) is 20.2 Å². The first-order chi connectivity index (χ1) is 6.22. The number of rotatable bonds is 3. The van der Waals surface area contributed by atoms with E-state index in [9.17, 15) is 4.79 Å². The van der Waals surface area contributed by atoms with Crippen LogP contribution in [0.3, 0.4) is 0 Å². The number of ether oxygens (including phenoxy) is 1. The van der Waals surface area contributed by atoms with E-state index < -0.39 is 0 Å². The van der Waals surface area contributed by atoms with Crippen molar-refractivity contribution >= 4 is 5.91 Å². The predicted octanol–water partition coefficient (Wildman–Crippen LogP) is 1.06. The van der Waals surface area contributed by atoms with Crippen LogP contribution in [-0.2, 0) is 9.53 Å². The van der Waals surface area contributed by atoms with Gasteiger partial charge < -0.3 is 9.64 Å². The van der Waals surface area contributed by atoms with Crippen molar-refractivity contribution in [2.45, 2.75) is 19.4 Å². The Hall–Kier alpha value is -0.830.